The summed E-state index contributed by atoms with van der Waals surface area (Å²) in [7, 11) is -3.43. The molecule has 0 atom stereocenters. The predicted octanol–water partition coefficient (Wildman–Crippen LogP) is 3.07. The number of nitro groups is 2. The van der Waals surface area contributed by atoms with Gasteiger partial charge in [0.05, 0.1) is 36.6 Å². The molecule has 0 bridgehead atoms. The van der Waals surface area contributed by atoms with E-state index in [1.165, 1.54) is 12.1 Å². The second-order valence-corrected chi connectivity index (χ2v) is 9.63. The largest absolute Gasteiger partial charge is 0.316 e. The second-order valence-electron chi connectivity index (χ2n) is 6.61. The first-order valence-corrected chi connectivity index (χ1v) is 11.6. The summed E-state index contributed by atoms with van der Waals surface area (Å²) in [5.74, 6) is -0.883. The molecule has 31 heavy (non-hydrogen) atoms. The van der Waals surface area contributed by atoms with E-state index in [2.05, 4.69) is 4.99 Å². The Morgan fingerprint density at radius 3 is 2.23 bits per heavy atom. The van der Waals surface area contributed by atoms with Gasteiger partial charge in [-0.2, -0.15) is 4.99 Å². The number of nitrogens with zero attached hydrogens (tertiary/aromatic N) is 4. The standard InChI is InChI=1S/C18H16N4O7S2/c1-3-6-20-15-5-4-14(31(2,28)29)10-16(15)30-18(20)19-17(23)11-7-12(21(24)25)9-13(8-11)22(26)27/h4-5,7-10H,3,6H2,1-2H3. The number of rotatable bonds is 6. The number of thiazole rings is 1. The highest BCUT2D eigenvalue weighted by atomic mass is 32.2. The third kappa shape index (κ3) is 4.67. The third-order valence-electron chi connectivity index (χ3n) is 4.30. The van der Waals surface area contributed by atoms with Crippen LogP contribution in [0.25, 0.3) is 10.2 Å². The molecule has 0 aliphatic carbocycles. The van der Waals surface area contributed by atoms with Gasteiger partial charge in [0.25, 0.3) is 17.3 Å². The molecule has 13 heteroatoms. The zero-order valence-corrected chi connectivity index (χ0v) is 18.0. The van der Waals surface area contributed by atoms with Crippen molar-refractivity contribution >= 4 is 48.7 Å². The van der Waals surface area contributed by atoms with Crippen LogP contribution in [-0.2, 0) is 16.4 Å². The minimum atomic E-state index is -3.43. The van der Waals surface area contributed by atoms with Gasteiger partial charge >= 0.3 is 0 Å². The molecule has 0 unspecified atom stereocenters. The maximum absolute atomic E-state index is 12.7. The molecule has 0 saturated heterocycles. The minimum absolute atomic E-state index is 0.122. The molecule has 0 aliphatic heterocycles. The van der Waals surface area contributed by atoms with E-state index in [0.717, 1.165) is 35.8 Å². The van der Waals surface area contributed by atoms with E-state index in [4.69, 9.17) is 0 Å². The number of carbonyl (C=O) groups is 1. The number of carbonyl (C=O) groups excluding carboxylic acids is 1. The molecule has 0 radical (unpaired) electrons. The summed E-state index contributed by atoms with van der Waals surface area (Å²) in [5, 5.41) is 22.1. The average Bonchev–Trinajstić information content (AvgIpc) is 3.03. The van der Waals surface area contributed by atoms with Crippen molar-refractivity contribution in [3.05, 3.63) is 67.0 Å². The maximum Gasteiger partial charge on any atom is 0.280 e. The number of sulfone groups is 1. The summed E-state index contributed by atoms with van der Waals surface area (Å²) in [6.07, 6.45) is 1.79. The Balaban J connectivity index is 2.19. The summed E-state index contributed by atoms with van der Waals surface area (Å²) in [6.45, 7) is 2.40. The summed E-state index contributed by atoms with van der Waals surface area (Å²) >= 11 is 1.08. The van der Waals surface area contributed by atoms with Gasteiger partial charge in [0.1, 0.15) is 0 Å². The minimum Gasteiger partial charge on any atom is -0.316 e. The van der Waals surface area contributed by atoms with Crippen molar-refractivity contribution in [3.63, 3.8) is 0 Å². The van der Waals surface area contributed by atoms with Gasteiger partial charge in [-0.3, -0.25) is 25.0 Å². The lowest BCUT2D eigenvalue weighted by molar-refractivity contribution is -0.394. The number of benzene rings is 2. The molecule has 1 amide bonds. The van der Waals surface area contributed by atoms with Crippen LogP contribution >= 0.6 is 11.3 Å². The van der Waals surface area contributed by atoms with Crippen LogP contribution in [-0.4, -0.2) is 35.0 Å². The van der Waals surface area contributed by atoms with E-state index in [1.807, 2.05) is 6.92 Å². The molecular formula is C18H16N4O7S2. The van der Waals surface area contributed by atoms with E-state index >= 15 is 0 Å². The van der Waals surface area contributed by atoms with Crippen LogP contribution in [0.15, 0.2) is 46.3 Å². The molecule has 2 aromatic carbocycles. The van der Waals surface area contributed by atoms with Crippen molar-refractivity contribution < 1.29 is 23.1 Å². The second kappa shape index (κ2) is 8.35. The lowest BCUT2D eigenvalue weighted by Crippen LogP contribution is -2.17. The first-order valence-electron chi connectivity index (χ1n) is 8.87. The highest BCUT2D eigenvalue weighted by Gasteiger charge is 2.20. The van der Waals surface area contributed by atoms with Crippen LogP contribution in [0.5, 0.6) is 0 Å². The fourth-order valence-corrected chi connectivity index (χ4v) is 4.71. The Labute approximate surface area is 179 Å². The van der Waals surface area contributed by atoms with Gasteiger partial charge in [-0.15, -0.1) is 0 Å². The Hall–Kier alpha value is -3.45. The molecule has 162 valence electrons. The molecule has 0 N–H and O–H groups in total. The van der Waals surface area contributed by atoms with Crippen LogP contribution < -0.4 is 4.80 Å². The lowest BCUT2D eigenvalue weighted by atomic mass is 10.1. The van der Waals surface area contributed by atoms with Gasteiger partial charge in [0, 0.05) is 24.9 Å². The fraction of sp³-hybridized carbons (Fsp3) is 0.222. The molecule has 3 aromatic rings. The molecule has 0 aliphatic rings. The summed E-state index contributed by atoms with van der Waals surface area (Å²) in [6, 6.07) is 7.20. The smallest absolute Gasteiger partial charge is 0.280 e. The normalized spacial score (nSPS) is 12.3. The van der Waals surface area contributed by atoms with E-state index in [-0.39, 0.29) is 15.3 Å². The third-order valence-corrected chi connectivity index (χ3v) is 6.45. The number of amides is 1. The SMILES string of the molecule is CCCn1c(=NC(=O)c2cc([N+](=O)[O-])cc([N+](=O)[O-])c2)sc2cc(S(C)(=O)=O)ccc21. The van der Waals surface area contributed by atoms with Gasteiger partial charge in [0.15, 0.2) is 14.6 Å². The zero-order chi connectivity index (χ0) is 22.9. The van der Waals surface area contributed by atoms with Crippen LogP contribution in [0.1, 0.15) is 23.7 Å². The molecular weight excluding hydrogens is 448 g/mol. The van der Waals surface area contributed by atoms with Gasteiger partial charge in [-0.05, 0) is 24.6 Å². The Kier molecular flexibility index (Phi) is 5.99. The molecule has 0 fully saturated rings. The summed E-state index contributed by atoms with van der Waals surface area (Å²) in [5.41, 5.74) is -0.805. The van der Waals surface area contributed by atoms with E-state index in [1.54, 1.807) is 10.6 Å². The van der Waals surface area contributed by atoms with Crippen molar-refractivity contribution in [2.24, 2.45) is 4.99 Å². The average molecular weight is 464 g/mol. The Morgan fingerprint density at radius 1 is 1.10 bits per heavy atom. The first kappa shape index (κ1) is 22.2. The topological polar surface area (TPSA) is 155 Å². The van der Waals surface area contributed by atoms with Gasteiger partial charge in [-0.1, -0.05) is 18.3 Å². The number of non-ortho nitro benzene ring substituents is 2. The highest BCUT2D eigenvalue weighted by Crippen LogP contribution is 2.24. The number of hydrogen-bond donors (Lipinski definition) is 0. The number of hydrogen-bond acceptors (Lipinski definition) is 8. The van der Waals surface area contributed by atoms with Crippen molar-refractivity contribution in [1.82, 2.24) is 4.57 Å². The first-order chi connectivity index (χ1) is 14.5. The molecule has 0 saturated carbocycles. The summed E-state index contributed by atoms with van der Waals surface area (Å²) < 4.78 is 26.0. The summed E-state index contributed by atoms with van der Waals surface area (Å²) in [4.78, 5) is 37.6. The molecule has 0 spiro atoms. The monoisotopic (exact) mass is 464 g/mol. The molecule has 11 nitrogen and oxygen atoms in total. The van der Waals surface area contributed by atoms with Crippen LogP contribution in [0.4, 0.5) is 11.4 Å². The van der Waals surface area contributed by atoms with E-state index < -0.39 is 37.0 Å². The van der Waals surface area contributed by atoms with Crippen molar-refractivity contribution in [3.8, 4) is 0 Å². The molecule has 1 aromatic heterocycles. The lowest BCUT2D eigenvalue weighted by Gasteiger charge is -2.03. The quantitative estimate of drug-likeness (QED) is 0.401. The van der Waals surface area contributed by atoms with Gasteiger partial charge in [-0.25, -0.2) is 8.42 Å². The van der Waals surface area contributed by atoms with E-state index in [0.29, 0.717) is 23.2 Å². The fourth-order valence-electron chi connectivity index (χ4n) is 2.89. The van der Waals surface area contributed by atoms with Gasteiger partial charge in [0.2, 0.25) is 0 Å². The van der Waals surface area contributed by atoms with Crippen molar-refractivity contribution in [2.45, 2.75) is 24.8 Å². The van der Waals surface area contributed by atoms with E-state index in [9.17, 15) is 33.4 Å². The maximum atomic E-state index is 12.7. The predicted molar refractivity (Wildman–Crippen MR) is 113 cm³/mol. The Bertz CT molecular complexity index is 1370. The highest BCUT2D eigenvalue weighted by molar-refractivity contribution is 7.90. The van der Waals surface area contributed by atoms with Crippen LogP contribution in [0.2, 0.25) is 0 Å². The Morgan fingerprint density at radius 2 is 1.71 bits per heavy atom. The number of aryl methyl sites for hydroxylation is 1. The number of nitro benzene ring substituents is 2. The van der Waals surface area contributed by atoms with Crippen LogP contribution in [0.3, 0.4) is 0 Å². The van der Waals surface area contributed by atoms with Crippen LogP contribution in [0, 0.1) is 20.2 Å². The number of aromatic nitrogens is 1. The molecule has 1 heterocycles. The van der Waals surface area contributed by atoms with Crippen molar-refractivity contribution in [1.29, 1.82) is 0 Å². The molecule has 3 rings (SSSR count). The number of fused-ring (bicyclic) bond motifs is 1. The zero-order valence-electron chi connectivity index (χ0n) is 16.3. The van der Waals surface area contributed by atoms with Gasteiger partial charge < -0.3 is 4.57 Å². The van der Waals surface area contributed by atoms with Crippen molar-refractivity contribution in [2.75, 3.05) is 6.26 Å².